The molecule has 10 heteroatoms. The fourth-order valence-corrected chi connectivity index (χ4v) is 5.06. The largest absolute Gasteiger partial charge is 0.467 e. The molecule has 1 amide bonds. The first-order valence-corrected chi connectivity index (χ1v) is 12.8. The molecule has 1 unspecified atom stereocenters. The predicted octanol–water partition coefficient (Wildman–Crippen LogP) is 6.09. The number of rotatable bonds is 3. The lowest BCUT2D eigenvalue weighted by atomic mass is 10.0. The number of halogens is 2. The second-order valence-corrected chi connectivity index (χ2v) is 10.7. The van der Waals surface area contributed by atoms with Crippen molar-refractivity contribution in [2.75, 3.05) is 31.6 Å². The zero-order valence-electron chi connectivity index (χ0n) is 22.0. The van der Waals surface area contributed by atoms with Gasteiger partial charge in [-0.25, -0.2) is 9.18 Å². The lowest BCUT2D eigenvalue weighted by Crippen LogP contribution is -2.54. The van der Waals surface area contributed by atoms with Crippen molar-refractivity contribution in [3.63, 3.8) is 0 Å². The van der Waals surface area contributed by atoms with E-state index in [9.17, 15) is 4.79 Å². The number of amides is 1. The van der Waals surface area contributed by atoms with E-state index in [2.05, 4.69) is 15.0 Å². The van der Waals surface area contributed by atoms with E-state index >= 15 is 4.39 Å². The molecule has 0 radical (unpaired) electrons. The van der Waals surface area contributed by atoms with Crippen molar-refractivity contribution in [2.45, 2.75) is 39.3 Å². The minimum atomic E-state index is -0.586. The Labute approximate surface area is 225 Å². The van der Waals surface area contributed by atoms with E-state index in [1.807, 2.05) is 56.9 Å². The van der Waals surface area contributed by atoms with Crippen LogP contribution in [0.15, 0.2) is 42.6 Å². The molecule has 38 heavy (non-hydrogen) atoms. The second-order valence-electron chi connectivity index (χ2n) is 10.3. The predicted molar refractivity (Wildman–Crippen MR) is 146 cm³/mol. The molecule has 5 rings (SSSR count). The number of hydrogen-bond donors (Lipinski definition) is 0. The Kier molecular flexibility index (Phi) is 6.73. The molecule has 1 aliphatic heterocycles. The van der Waals surface area contributed by atoms with Crippen molar-refractivity contribution in [1.82, 2.24) is 19.9 Å². The number of carbonyl (C=O) groups excluding carboxylic acids is 1. The molecule has 1 aliphatic rings. The highest BCUT2D eigenvalue weighted by Crippen LogP contribution is 2.37. The van der Waals surface area contributed by atoms with Crippen LogP contribution in [0.4, 0.5) is 15.0 Å². The number of carbonyl (C=O) groups is 1. The molecule has 1 saturated heterocycles. The van der Waals surface area contributed by atoms with Gasteiger partial charge >= 0.3 is 12.1 Å². The van der Waals surface area contributed by atoms with Crippen LogP contribution in [0.3, 0.4) is 0 Å². The van der Waals surface area contributed by atoms with Gasteiger partial charge in [0, 0.05) is 47.8 Å². The summed E-state index contributed by atoms with van der Waals surface area (Å²) in [6.45, 7) is 8.82. The third kappa shape index (κ3) is 4.78. The van der Waals surface area contributed by atoms with Gasteiger partial charge in [-0.2, -0.15) is 9.97 Å². The summed E-state index contributed by atoms with van der Waals surface area (Å²) < 4.78 is 27.0. The molecule has 0 saturated carbocycles. The molecular weight excluding hydrogens is 509 g/mol. The molecule has 0 spiro atoms. The van der Waals surface area contributed by atoms with Gasteiger partial charge in [0.05, 0.1) is 12.5 Å². The normalized spacial score (nSPS) is 16.2. The van der Waals surface area contributed by atoms with Gasteiger partial charge in [-0.3, -0.25) is 4.98 Å². The SMILES string of the molecule is COc1nc(N2CCN(C(=O)OC(C)(C)C)CC2C)c2cnc(-c3cccc4cccc(Cl)c34)c(F)c2n1. The fraction of sp³-hybridized carbons (Fsp3) is 0.357. The van der Waals surface area contributed by atoms with Crippen molar-refractivity contribution >= 4 is 45.2 Å². The van der Waals surface area contributed by atoms with Gasteiger partial charge in [0.25, 0.3) is 0 Å². The van der Waals surface area contributed by atoms with E-state index in [1.165, 1.54) is 7.11 Å². The second kappa shape index (κ2) is 9.87. The number of piperazine rings is 1. The van der Waals surface area contributed by atoms with Crippen LogP contribution < -0.4 is 9.64 Å². The van der Waals surface area contributed by atoms with Gasteiger partial charge < -0.3 is 19.3 Å². The highest BCUT2D eigenvalue weighted by molar-refractivity contribution is 6.36. The average Bonchev–Trinajstić information content (AvgIpc) is 2.87. The lowest BCUT2D eigenvalue weighted by Gasteiger charge is -2.41. The summed E-state index contributed by atoms with van der Waals surface area (Å²) in [4.78, 5) is 29.7. The van der Waals surface area contributed by atoms with Gasteiger partial charge in [0.15, 0.2) is 5.82 Å². The van der Waals surface area contributed by atoms with Crippen LogP contribution in [-0.4, -0.2) is 64.3 Å². The molecule has 0 aliphatic carbocycles. The zero-order chi connectivity index (χ0) is 27.2. The van der Waals surface area contributed by atoms with Gasteiger partial charge in [-0.1, -0.05) is 41.9 Å². The van der Waals surface area contributed by atoms with Crippen LogP contribution in [0, 0.1) is 5.82 Å². The highest BCUT2D eigenvalue weighted by atomic mass is 35.5. The summed E-state index contributed by atoms with van der Waals surface area (Å²) in [5, 5.41) is 2.57. The maximum Gasteiger partial charge on any atom is 0.410 e. The third-order valence-corrected chi connectivity index (χ3v) is 6.80. The van der Waals surface area contributed by atoms with Gasteiger partial charge in [0.2, 0.25) is 0 Å². The van der Waals surface area contributed by atoms with E-state index in [1.54, 1.807) is 23.2 Å². The Morgan fingerprint density at radius 1 is 1.13 bits per heavy atom. The Hall–Kier alpha value is -3.72. The number of hydrogen-bond acceptors (Lipinski definition) is 7. The van der Waals surface area contributed by atoms with E-state index in [0.29, 0.717) is 41.4 Å². The number of aromatic nitrogens is 3. The van der Waals surface area contributed by atoms with Gasteiger partial charge in [0.1, 0.15) is 22.6 Å². The van der Waals surface area contributed by atoms with Crippen molar-refractivity contribution < 1.29 is 18.7 Å². The Morgan fingerprint density at radius 2 is 1.87 bits per heavy atom. The van der Waals surface area contributed by atoms with Gasteiger partial charge in [-0.05, 0) is 39.1 Å². The number of fused-ring (bicyclic) bond motifs is 2. The van der Waals surface area contributed by atoms with E-state index in [0.717, 1.165) is 10.8 Å². The Morgan fingerprint density at radius 3 is 2.55 bits per heavy atom. The van der Waals surface area contributed by atoms with Crippen LogP contribution in [0.2, 0.25) is 5.02 Å². The molecule has 198 valence electrons. The minimum Gasteiger partial charge on any atom is -0.467 e. The highest BCUT2D eigenvalue weighted by Gasteiger charge is 2.32. The molecular formula is C28H29ClFN5O3. The van der Waals surface area contributed by atoms with Crippen molar-refractivity contribution in [2.24, 2.45) is 0 Å². The maximum atomic E-state index is 16.2. The summed E-state index contributed by atoms with van der Waals surface area (Å²) in [5.74, 6) is -0.0889. The Balaban J connectivity index is 1.56. The summed E-state index contributed by atoms with van der Waals surface area (Å²) in [6, 6.07) is 11.0. The molecule has 0 N–H and O–H groups in total. The quantitative estimate of drug-likeness (QED) is 0.313. The summed E-state index contributed by atoms with van der Waals surface area (Å²) in [6.07, 6.45) is 1.23. The number of methoxy groups -OCH3 is 1. The van der Waals surface area contributed by atoms with E-state index < -0.39 is 11.4 Å². The average molecular weight is 538 g/mol. The summed E-state index contributed by atoms with van der Waals surface area (Å²) in [5.41, 5.74) is 0.238. The smallest absolute Gasteiger partial charge is 0.410 e. The van der Waals surface area contributed by atoms with E-state index in [-0.39, 0.29) is 29.4 Å². The summed E-state index contributed by atoms with van der Waals surface area (Å²) in [7, 11) is 1.44. The number of benzene rings is 2. The van der Waals surface area contributed by atoms with Crippen LogP contribution in [0.25, 0.3) is 32.9 Å². The van der Waals surface area contributed by atoms with Crippen LogP contribution in [0.1, 0.15) is 27.7 Å². The zero-order valence-corrected chi connectivity index (χ0v) is 22.7. The molecule has 2 aromatic carbocycles. The topological polar surface area (TPSA) is 80.7 Å². The van der Waals surface area contributed by atoms with Crippen molar-refractivity contribution in [1.29, 1.82) is 0 Å². The van der Waals surface area contributed by atoms with Crippen LogP contribution in [-0.2, 0) is 4.74 Å². The number of ether oxygens (including phenoxy) is 2. The molecule has 0 bridgehead atoms. The molecule has 2 aromatic heterocycles. The van der Waals surface area contributed by atoms with Crippen LogP contribution >= 0.6 is 11.6 Å². The summed E-state index contributed by atoms with van der Waals surface area (Å²) >= 11 is 6.50. The minimum absolute atomic E-state index is 0.0428. The third-order valence-electron chi connectivity index (χ3n) is 6.49. The molecule has 4 aromatic rings. The molecule has 1 fully saturated rings. The molecule has 3 heterocycles. The first-order chi connectivity index (χ1) is 18.1. The van der Waals surface area contributed by atoms with E-state index in [4.69, 9.17) is 21.1 Å². The first-order valence-electron chi connectivity index (χ1n) is 12.4. The number of pyridine rings is 1. The van der Waals surface area contributed by atoms with Crippen molar-refractivity contribution in [3.05, 3.63) is 53.4 Å². The fourth-order valence-electron chi connectivity index (χ4n) is 4.78. The monoisotopic (exact) mass is 537 g/mol. The number of nitrogens with zero attached hydrogens (tertiary/aromatic N) is 5. The molecule has 1 atom stereocenters. The molecule has 8 nitrogen and oxygen atoms in total. The van der Waals surface area contributed by atoms with Crippen molar-refractivity contribution in [3.8, 4) is 17.3 Å². The maximum absolute atomic E-state index is 16.2. The first kappa shape index (κ1) is 25.9. The Bertz CT molecular complexity index is 1540. The van der Waals surface area contributed by atoms with Crippen LogP contribution in [0.5, 0.6) is 6.01 Å². The van der Waals surface area contributed by atoms with Gasteiger partial charge in [-0.15, -0.1) is 0 Å². The standard InChI is InChI=1S/C28H29ClFN5O3/c1-16-15-34(27(36)38-28(2,3)4)12-13-35(16)25-19-14-31-23(22(30)24(19)32-26(33-25)37-5)18-10-6-8-17-9-7-11-20(29)21(17)18/h6-11,14,16H,12-13,15H2,1-5H3. The number of anilines is 1. The lowest BCUT2D eigenvalue weighted by molar-refractivity contribution is 0.0218.